The van der Waals surface area contributed by atoms with Gasteiger partial charge in [-0.2, -0.15) is 5.26 Å². The quantitative estimate of drug-likeness (QED) is 0.475. The van der Waals surface area contributed by atoms with Gasteiger partial charge < -0.3 is 14.3 Å². The molecule has 0 saturated heterocycles. The summed E-state index contributed by atoms with van der Waals surface area (Å²) in [5.74, 6) is 1.88. The molecule has 1 aromatic heterocycles. The van der Waals surface area contributed by atoms with E-state index in [9.17, 15) is 10.4 Å². The predicted molar refractivity (Wildman–Crippen MR) is 112 cm³/mol. The van der Waals surface area contributed by atoms with Crippen LogP contribution >= 0.6 is 0 Å². The minimum Gasteiger partial charge on any atom is -0.507 e. The van der Waals surface area contributed by atoms with Crippen LogP contribution in [0.3, 0.4) is 0 Å². The van der Waals surface area contributed by atoms with Gasteiger partial charge in [0.05, 0.1) is 7.11 Å². The number of phenolic OH excluding ortho intramolecular Hbond substituents is 1. The zero-order chi connectivity index (χ0) is 20.2. The Bertz CT molecular complexity index is 1190. The van der Waals surface area contributed by atoms with Gasteiger partial charge in [-0.25, -0.2) is 0 Å². The molecule has 4 rings (SSSR count). The molecule has 1 N–H and O–H groups in total. The number of methoxy groups -OCH3 is 1. The molecule has 0 spiro atoms. The molecule has 0 fully saturated rings. The summed E-state index contributed by atoms with van der Waals surface area (Å²) in [6.07, 6.45) is 0.503. The zero-order valence-corrected chi connectivity index (χ0v) is 15.9. The predicted octanol–water partition coefficient (Wildman–Crippen LogP) is 5.79. The van der Waals surface area contributed by atoms with Crippen LogP contribution in [0.1, 0.15) is 16.9 Å². The van der Waals surface area contributed by atoms with Crippen LogP contribution in [0, 0.1) is 11.3 Å². The van der Waals surface area contributed by atoms with Crippen molar-refractivity contribution in [2.75, 3.05) is 7.11 Å². The second-order valence-electron chi connectivity index (χ2n) is 6.63. The van der Waals surface area contributed by atoms with E-state index in [1.807, 2.05) is 60.7 Å². The van der Waals surface area contributed by atoms with Gasteiger partial charge in [-0.15, -0.1) is 0 Å². The number of aromatic hydroxyl groups is 1. The fourth-order valence-electron chi connectivity index (χ4n) is 3.43. The van der Waals surface area contributed by atoms with Crippen LogP contribution in [-0.4, -0.2) is 12.2 Å². The van der Waals surface area contributed by atoms with Gasteiger partial charge in [-0.05, 0) is 23.8 Å². The Kier molecular flexibility index (Phi) is 5.05. The van der Waals surface area contributed by atoms with Crippen molar-refractivity contribution in [2.45, 2.75) is 6.42 Å². The highest BCUT2D eigenvalue weighted by Gasteiger charge is 2.24. The number of para-hydroxylation sites is 1. The van der Waals surface area contributed by atoms with E-state index in [1.165, 1.54) is 0 Å². The lowest BCUT2D eigenvalue weighted by atomic mass is 9.96. The summed E-state index contributed by atoms with van der Waals surface area (Å²) < 4.78 is 11.6. The van der Waals surface area contributed by atoms with E-state index in [4.69, 9.17) is 9.15 Å². The maximum atomic E-state index is 10.5. The topological polar surface area (TPSA) is 66.4 Å². The Morgan fingerprint density at radius 3 is 2.45 bits per heavy atom. The van der Waals surface area contributed by atoms with Crippen molar-refractivity contribution >= 4 is 0 Å². The second kappa shape index (κ2) is 7.95. The van der Waals surface area contributed by atoms with Crippen molar-refractivity contribution in [3.8, 4) is 40.0 Å². The maximum Gasteiger partial charge on any atom is 0.152 e. The van der Waals surface area contributed by atoms with Crippen molar-refractivity contribution < 1.29 is 14.3 Å². The largest absolute Gasteiger partial charge is 0.507 e. The van der Waals surface area contributed by atoms with Crippen molar-refractivity contribution in [3.63, 3.8) is 0 Å². The monoisotopic (exact) mass is 381 g/mol. The third-order valence-corrected chi connectivity index (χ3v) is 4.81. The molecule has 0 amide bonds. The molecular weight excluding hydrogens is 362 g/mol. The number of nitrogens with zero attached hydrogens (tertiary/aromatic N) is 1. The molecular formula is C25H19NO3. The van der Waals surface area contributed by atoms with Crippen LogP contribution < -0.4 is 4.74 Å². The van der Waals surface area contributed by atoms with Gasteiger partial charge >= 0.3 is 0 Å². The molecule has 0 bridgehead atoms. The number of hydrogen-bond acceptors (Lipinski definition) is 4. The Morgan fingerprint density at radius 2 is 1.72 bits per heavy atom. The molecule has 0 aliphatic heterocycles. The summed E-state index contributed by atoms with van der Waals surface area (Å²) in [5, 5.41) is 20.5. The van der Waals surface area contributed by atoms with E-state index in [1.54, 1.807) is 25.3 Å². The number of ether oxygens (including phenoxy) is 1. The standard InChI is InChI=1S/C25H19NO3/c1-28-19-11-7-10-18(15-19)25-21(16-26)24(20-12-5-6-13-22(20)27)23(29-25)14-17-8-3-2-4-9-17/h2-13,15,27H,14H2,1H3. The fourth-order valence-corrected chi connectivity index (χ4v) is 3.43. The van der Waals surface area contributed by atoms with Gasteiger partial charge in [0, 0.05) is 23.1 Å². The summed E-state index contributed by atoms with van der Waals surface area (Å²) >= 11 is 0. The molecule has 1 heterocycles. The number of phenols is 1. The van der Waals surface area contributed by atoms with Crippen molar-refractivity contribution in [2.24, 2.45) is 0 Å². The van der Waals surface area contributed by atoms with Crippen LogP contribution in [-0.2, 0) is 6.42 Å². The van der Waals surface area contributed by atoms with E-state index in [2.05, 4.69) is 6.07 Å². The van der Waals surface area contributed by atoms with Gasteiger partial charge in [0.25, 0.3) is 0 Å². The molecule has 3 aromatic carbocycles. The highest BCUT2D eigenvalue weighted by atomic mass is 16.5. The minimum atomic E-state index is 0.108. The van der Waals surface area contributed by atoms with Crippen LogP contribution in [0.2, 0.25) is 0 Å². The first-order chi connectivity index (χ1) is 14.2. The van der Waals surface area contributed by atoms with Gasteiger partial charge in [-0.3, -0.25) is 0 Å². The number of rotatable bonds is 5. The lowest BCUT2D eigenvalue weighted by Crippen LogP contribution is -1.90. The third-order valence-electron chi connectivity index (χ3n) is 4.81. The highest BCUT2D eigenvalue weighted by molar-refractivity contribution is 5.84. The molecule has 0 aliphatic rings. The lowest BCUT2D eigenvalue weighted by molar-refractivity contribution is 0.414. The normalized spacial score (nSPS) is 10.5. The number of hydrogen-bond donors (Lipinski definition) is 1. The molecule has 29 heavy (non-hydrogen) atoms. The Hall–Kier alpha value is -3.97. The van der Waals surface area contributed by atoms with Gasteiger partial charge in [0.1, 0.15) is 28.9 Å². The molecule has 4 aromatic rings. The van der Waals surface area contributed by atoms with Crippen LogP contribution in [0.25, 0.3) is 22.5 Å². The summed E-state index contributed by atoms with van der Waals surface area (Å²) in [5.41, 5.74) is 3.39. The smallest absolute Gasteiger partial charge is 0.152 e. The Morgan fingerprint density at radius 1 is 0.966 bits per heavy atom. The van der Waals surface area contributed by atoms with Crippen molar-refractivity contribution in [1.82, 2.24) is 0 Å². The summed E-state index contributed by atoms with van der Waals surface area (Å²) in [4.78, 5) is 0. The van der Waals surface area contributed by atoms with E-state index < -0.39 is 0 Å². The summed E-state index contributed by atoms with van der Waals surface area (Å²) in [6, 6.07) is 26.6. The van der Waals surface area contributed by atoms with Crippen molar-refractivity contribution in [1.29, 1.82) is 5.26 Å². The summed E-state index contributed by atoms with van der Waals surface area (Å²) in [6.45, 7) is 0. The zero-order valence-electron chi connectivity index (χ0n) is 15.9. The molecule has 0 radical (unpaired) electrons. The number of furan rings is 1. The Labute approximate surface area is 169 Å². The van der Waals surface area contributed by atoms with Crippen LogP contribution in [0.15, 0.2) is 83.3 Å². The fraction of sp³-hybridized carbons (Fsp3) is 0.0800. The van der Waals surface area contributed by atoms with Crippen molar-refractivity contribution in [3.05, 3.63) is 95.7 Å². The molecule has 0 unspecified atom stereocenters. The molecule has 4 heteroatoms. The first-order valence-corrected chi connectivity index (χ1v) is 9.23. The van der Waals surface area contributed by atoms with Crippen LogP contribution in [0.5, 0.6) is 11.5 Å². The maximum absolute atomic E-state index is 10.5. The average Bonchev–Trinajstić information content (AvgIpc) is 3.12. The molecule has 0 atom stereocenters. The van der Waals surface area contributed by atoms with Gasteiger partial charge in [0.2, 0.25) is 0 Å². The van der Waals surface area contributed by atoms with E-state index in [0.717, 1.165) is 11.1 Å². The highest BCUT2D eigenvalue weighted by Crippen LogP contribution is 2.42. The minimum absolute atomic E-state index is 0.108. The van der Waals surface area contributed by atoms with Gasteiger partial charge in [-0.1, -0.05) is 60.7 Å². The number of nitriles is 1. The molecule has 0 aliphatic carbocycles. The lowest BCUT2D eigenvalue weighted by Gasteiger charge is -2.06. The van der Waals surface area contributed by atoms with E-state index in [-0.39, 0.29) is 5.75 Å². The van der Waals surface area contributed by atoms with E-state index >= 15 is 0 Å². The Balaban J connectivity index is 1.95. The molecule has 4 nitrogen and oxygen atoms in total. The molecule has 0 saturated carbocycles. The van der Waals surface area contributed by atoms with Gasteiger partial charge in [0.15, 0.2) is 5.76 Å². The average molecular weight is 381 g/mol. The first kappa shape index (κ1) is 18.4. The third kappa shape index (κ3) is 3.59. The molecule has 142 valence electrons. The van der Waals surface area contributed by atoms with E-state index in [0.29, 0.717) is 40.4 Å². The SMILES string of the molecule is COc1cccc(-c2oc(Cc3ccccc3)c(-c3ccccc3O)c2C#N)c1. The van der Waals surface area contributed by atoms with Crippen LogP contribution in [0.4, 0.5) is 0 Å². The first-order valence-electron chi connectivity index (χ1n) is 9.23. The summed E-state index contributed by atoms with van der Waals surface area (Å²) in [7, 11) is 1.60. The number of benzene rings is 3. The second-order valence-corrected chi connectivity index (χ2v) is 6.63.